The molecule has 0 bridgehead atoms. The zero-order chi connectivity index (χ0) is 13.4. The van der Waals surface area contributed by atoms with Gasteiger partial charge in [-0.25, -0.2) is 8.78 Å². The molecule has 0 saturated heterocycles. The molecule has 0 aromatic heterocycles. The van der Waals surface area contributed by atoms with Crippen LogP contribution in [0.4, 0.5) is 14.5 Å². The minimum atomic E-state index is -0.589. The summed E-state index contributed by atoms with van der Waals surface area (Å²) in [4.78, 5) is 0. The SMILES string of the molecule is Cc1cccc2c1NCC(c1cc(F)cc(F)c1)O2. The topological polar surface area (TPSA) is 21.3 Å². The van der Waals surface area contributed by atoms with Crippen LogP contribution in [0.3, 0.4) is 0 Å². The van der Waals surface area contributed by atoms with Crippen LogP contribution < -0.4 is 10.1 Å². The molecule has 1 heterocycles. The van der Waals surface area contributed by atoms with Crippen molar-refractivity contribution in [1.29, 1.82) is 0 Å². The summed E-state index contributed by atoms with van der Waals surface area (Å²) in [5.41, 5.74) is 2.52. The van der Waals surface area contributed by atoms with E-state index in [4.69, 9.17) is 4.74 Å². The number of anilines is 1. The van der Waals surface area contributed by atoms with Gasteiger partial charge in [-0.05, 0) is 36.2 Å². The second-order valence-corrected chi connectivity index (χ2v) is 4.64. The molecule has 1 aliphatic rings. The van der Waals surface area contributed by atoms with Gasteiger partial charge < -0.3 is 10.1 Å². The monoisotopic (exact) mass is 261 g/mol. The van der Waals surface area contributed by atoms with E-state index in [1.807, 2.05) is 25.1 Å². The maximum atomic E-state index is 13.2. The summed E-state index contributed by atoms with van der Waals surface area (Å²) in [5.74, 6) is -0.469. The molecule has 19 heavy (non-hydrogen) atoms. The predicted octanol–water partition coefficient (Wildman–Crippen LogP) is 3.82. The molecule has 2 aromatic rings. The summed E-state index contributed by atoms with van der Waals surface area (Å²) < 4.78 is 32.3. The summed E-state index contributed by atoms with van der Waals surface area (Å²) in [6, 6.07) is 9.18. The maximum absolute atomic E-state index is 13.2. The van der Waals surface area contributed by atoms with Crippen molar-refractivity contribution in [3.8, 4) is 5.75 Å². The zero-order valence-electron chi connectivity index (χ0n) is 10.4. The fraction of sp³-hybridized carbons (Fsp3) is 0.200. The van der Waals surface area contributed by atoms with Gasteiger partial charge in [0.1, 0.15) is 23.5 Å². The van der Waals surface area contributed by atoms with Crippen LogP contribution in [0, 0.1) is 18.6 Å². The van der Waals surface area contributed by atoms with E-state index in [0.29, 0.717) is 17.9 Å². The Morgan fingerprint density at radius 2 is 1.89 bits per heavy atom. The maximum Gasteiger partial charge on any atom is 0.143 e. The Hall–Kier alpha value is -2.10. The third-order valence-corrected chi connectivity index (χ3v) is 3.22. The highest BCUT2D eigenvalue weighted by molar-refractivity contribution is 5.63. The van der Waals surface area contributed by atoms with Crippen molar-refractivity contribution in [2.45, 2.75) is 13.0 Å². The number of ether oxygens (including phenoxy) is 1. The van der Waals surface area contributed by atoms with Gasteiger partial charge in [-0.1, -0.05) is 12.1 Å². The highest BCUT2D eigenvalue weighted by atomic mass is 19.1. The minimum Gasteiger partial charge on any atom is -0.482 e. The number of halogens is 2. The standard InChI is InChI=1S/C15H13F2NO/c1-9-3-2-4-13-15(9)18-8-14(19-13)10-5-11(16)7-12(17)6-10/h2-7,14,18H,8H2,1H3. The zero-order valence-corrected chi connectivity index (χ0v) is 10.4. The fourth-order valence-electron chi connectivity index (χ4n) is 2.30. The molecule has 1 atom stereocenters. The normalized spacial score (nSPS) is 17.3. The molecule has 0 fully saturated rings. The van der Waals surface area contributed by atoms with Gasteiger partial charge in [0.2, 0.25) is 0 Å². The van der Waals surface area contributed by atoms with Gasteiger partial charge in [-0.15, -0.1) is 0 Å². The third-order valence-electron chi connectivity index (χ3n) is 3.22. The van der Waals surface area contributed by atoms with Crippen molar-refractivity contribution in [2.75, 3.05) is 11.9 Å². The Kier molecular flexibility index (Phi) is 2.85. The highest BCUT2D eigenvalue weighted by Crippen LogP contribution is 2.36. The molecule has 0 saturated carbocycles. The van der Waals surface area contributed by atoms with Gasteiger partial charge in [0.25, 0.3) is 0 Å². The quantitative estimate of drug-likeness (QED) is 0.842. The van der Waals surface area contributed by atoms with Crippen molar-refractivity contribution in [3.63, 3.8) is 0 Å². The number of aryl methyl sites for hydroxylation is 1. The number of hydrogen-bond donors (Lipinski definition) is 1. The van der Waals surface area contributed by atoms with E-state index >= 15 is 0 Å². The third kappa shape index (κ3) is 2.26. The van der Waals surface area contributed by atoms with Crippen LogP contribution in [0.15, 0.2) is 36.4 Å². The number of hydrogen-bond acceptors (Lipinski definition) is 2. The van der Waals surface area contributed by atoms with Crippen LogP contribution in [0.1, 0.15) is 17.2 Å². The van der Waals surface area contributed by atoms with E-state index in [0.717, 1.165) is 17.3 Å². The molecular weight excluding hydrogens is 248 g/mol. The van der Waals surface area contributed by atoms with Crippen molar-refractivity contribution in [1.82, 2.24) is 0 Å². The number of para-hydroxylation sites is 1. The highest BCUT2D eigenvalue weighted by Gasteiger charge is 2.22. The molecule has 0 spiro atoms. The van der Waals surface area contributed by atoms with Gasteiger partial charge in [-0.2, -0.15) is 0 Å². The van der Waals surface area contributed by atoms with Crippen LogP contribution in [0.25, 0.3) is 0 Å². The molecule has 0 aliphatic carbocycles. The first-order chi connectivity index (χ1) is 9.13. The minimum absolute atomic E-state index is 0.389. The van der Waals surface area contributed by atoms with Crippen LogP contribution in [-0.2, 0) is 0 Å². The van der Waals surface area contributed by atoms with Crippen molar-refractivity contribution >= 4 is 5.69 Å². The first-order valence-electron chi connectivity index (χ1n) is 6.09. The largest absolute Gasteiger partial charge is 0.482 e. The Morgan fingerprint density at radius 3 is 2.63 bits per heavy atom. The summed E-state index contributed by atoms with van der Waals surface area (Å²) in [5, 5.41) is 3.25. The van der Waals surface area contributed by atoms with Gasteiger partial charge in [0.05, 0.1) is 12.2 Å². The van der Waals surface area contributed by atoms with Crippen molar-refractivity contribution in [3.05, 3.63) is 59.2 Å². The van der Waals surface area contributed by atoms with Gasteiger partial charge >= 0.3 is 0 Å². The molecule has 1 aliphatic heterocycles. The van der Waals surface area contributed by atoms with Gasteiger partial charge in [-0.3, -0.25) is 0 Å². The Balaban J connectivity index is 1.93. The lowest BCUT2D eigenvalue weighted by molar-refractivity contribution is 0.209. The lowest BCUT2D eigenvalue weighted by atomic mass is 10.1. The fourth-order valence-corrected chi connectivity index (χ4v) is 2.30. The average molecular weight is 261 g/mol. The molecule has 2 aromatic carbocycles. The molecule has 1 N–H and O–H groups in total. The lowest BCUT2D eigenvalue weighted by Crippen LogP contribution is -2.24. The van der Waals surface area contributed by atoms with Crippen LogP contribution >= 0.6 is 0 Å². The summed E-state index contributed by atoms with van der Waals surface area (Å²) in [7, 11) is 0. The molecule has 3 rings (SSSR count). The smallest absolute Gasteiger partial charge is 0.143 e. The van der Waals surface area contributed by atoms with Crippen LogP contribution in [-0.4, -0.2) is 6.54 Å². The molecule has 0 amide bonds. The number of rotatable bonds is 1. The first kappa shape index (κ1) is 12.0. The van der Waals surface area contributed by atoms with Crippen molar-refractivity contribution < 1.29 is 13.5 Å². The number of benzene rings is 2. The van der Waals surface area contributed by atoms with E-state index in [1.54, 1.807) is 0 Å². The molecule has 2 nitrogen and oxygen atoms in total. The molecule has 4 heteroatoms. The second kappa shape index (κ2) is 4.53. The Labute approximate surface area is 110 Å². The van der Waals surface area contributed by atoms with Crippen molar-refractivity contribution in [2.24, 2.45) is 0 Å². The Morgan fingerprint density at radius 1 is 1.16 bits per heavy atom. The number of fused-ring (bicyclic) bond motifs is 1. The van der Waals surface area contributed by atoms with Crippen LogP contribution in [0.5, 0.6) is 5.75 Å². The predicted molar refractivity (Wildman–Crippen MR) is 69.4 cm³/mol. The molecular formula is C15H13F2NO. The molecule has 0 radical (unpaired) electrons. The number of nitrogens with one attached hydrogen (secondary N) is 1. The van der Waals surface area contributed by atoms with Crippen LogP contribution in [0.2, 0.25) is 0 Å². The summed E-state index contributed by atoms with van der Waals surface area (Å²) >= 11 is 0. The Bertz CT molecular complexity index is 607. The van der Waals surface area contributed by atoms with E-state index in [9.17, 15) is 8.78 Å². The summed E-state index contributed by atoms with van der Waals surface area (Å²) in [6.45, 7) is 2.47. The summed E-state index contributed by atoms with van der Waals surface area (Å²) in [6.07, 6.45) is -0.389. The first-order valence-corrected chi connectivity index (χ1v) is 6.09. The molecule has 98 valence electrons. The van der Waals surface area contributed by atoms with E-state index in [2.05, 4.69) is 5.32 Å². The average Bonchev–Trinajstić information content (AvgIpc) is 2.37. The van der Waals surface area contributed by atoms with E-state index in [-0.39, 0.29) is 6.10 Å². The molecule has 1 unspecified atom stereocenters. The van der Waals surface area contributed by atoms with E-state index < -0.39 is 11.6 Å². The second-order valence-electron chi connectivity index (χ2n) is 4.64. The van der Waals surface area contributed by atoms with Gasteiger partial charge in [0, 0.05) is 6.07 Å². The van der Waals surface area contributed by atoms with Gasteiger partial charge in [0.15, 0.2) is 0 Å². The van der Waals surface area contributed by atoms with E-state index in [1.165, 1.54) is 12.1 Å². The lowest BCUT2D eigenvalue weighted by Gasteiger charge is -2.28.